The van der Waals surface area contributed by atoms with Gasteiger partial charge in [-0.3, -0.25) is 4.79 Å². The fraction of sp³-hybridized carbons (Fsp3) is 0.345. The number of amides is 1. The van der Waals surface area contributed by atoms with E-state index in [-0.39, 0.29) is 11.3 Å². The van der Waals surface area contributed by atoms with Gasteiger partial charge in [-0.1, -0.05) is 62.7 Å². The first-order chi connectivity index (χ1) is 17.8. The molecule has 7 nitrogen and oxygen atoms in total. The van der Waals surface area contributed by atoms with Gasteiger partial charge >= 0.3 is 0 Å². The molecule has 1 amide bonds. The molecule has 0 aliphatic carbocycles. The summed E-state index contributed by atoms with van der Waals surface area (Å²) in [6, 6.07) is 19.4. The number of hydrogen-bond acceptors (Lipinski definition) is 5. The van der Waals surface area contributed by atoms with Crippen LogP contribution in [0, 0.1) is 0 Å². The Hall–Kier alpha value is -3.58. The highest BCUT2D eigenvalue weighted by atomic mass is 35.5. The monoisotopic (exact) mass is 517 g/mol. The molecule has 4 aromatic rings. The number of carbonyl (C=O) groups excluding carboxylic acids is 1. The lowest BCUT2D eigenvalue weighted by atomic mass is 9.93. The molecule has 1 saturated heterocycles. The van der Waals surface area contributed by atoms with E-state index >= 15 is 0 Å². The largest absolute Gasteiger partial charge is 0.492 e. The van der Waals surface area contributed by atoms with Gasteiger partial charge in [0.1, 0.15) is 11.4 Å². The van der Waals surface area contributed by atoms with E-state index in [0.717, 1.165) is 22.7 Å². The number of halogens is 1. The second-order valence-corrected chi connectivity index (χ2v) is 10.6. The van der Waals surface area contributed by atoms with Crippen molar-refractivity contribution in [1.29, 1.82) is 0 Å². The van der Waals surface area contributed by atoms with Gasteiger partial charge in [0.05, 0.1) is 23.7 Å². The molecule has 2 aromatic carbocycles. The van der Waals surface area contributed by atoms with E-state index in [1.165, 1.54) is 0 Å². The second kappa shape index (κ2) is 10.1. The molecule has 1 aliphatic rings. The average Bonchev–Trinajstić information content (AvgIpc) is 3.34. The Kier molecular flexibility index (Phi) is 6.82. The highest BCUT2D eigenvalue weighted by Crippen LogP contribution is 2.31. The molecule has 37 heavy (non-hydrogen) atoms. The van der Waals surface area contributed by atoms with Crippen molar-refractivity contribution < 1.29 is 9.53 Å². The summed E-state index contributed by atoms with van der Waals surface area (Å²) in [5, 5.41) is 5.39. The van der Waals surface area contributed by atoms with Gasteiger partial charge < -0.3 is 14.5 Å². The van der Waals surface area contributed by atoms with Gasteiger partial charge in [0.25, 0.3) is 5.91 Å². The molecule has 0 bridgehead atoms. The van der Waals surface area contributed by atoms with Gasteiger partial charge in [-0.05, 0) is 31.2 Å². The summed E-state index contributed by atoms with van der Waals surface area (Å²) in [6.07, 6.45) is 0. The minimum absolute atomic E-state index is 0.0676. The molecule has 1 fully saturated rings. The number of rotatable bonds is 5. The van der Waals surface area contributed by atoms with Crippen LogP contribution in [-0.2, 0) is 5.41 Å². The number of fused-ring (bicyclic) bond motifs is 1. The van der Waals surface area contributed by atoms with Crippen molar-refractivity contribution >= 4 is 28.8 Å². The number of piperazine rings is 1. The van der Waals surface area contributed by atoms with E-state index in [1.807, 2.05) is 66.4 Å². The lowest BCUT2D eigenvalue weighted by Gasteiger charge is -2.36. The molecule has 2 aromatic heterocycles. The Labute approximate surface area is 222 Å². The molecule has 0 spiro atoms. The van der Waals surface area contributed by atoms with Crippen molar-refractivity contribution in [3.05, 3.63) is 77.1 Å². The molecule has 0 unspecified atom stereocenters. The number of hydrogen-bond donors (Lipinski definition) is 0. The Bertz CT molecular complexity index is 1430. The molecule has 0 saturated carbocycles. The van der Waals surface area contributed by atoms with Crippen LogP contribution in [0.3, 0.4) is 0 Å². The standard InChI is InChI=1S/C29H32ClN5O2/c1-5-37-25-13-9-8-12-23(25)33-14-16-34(17-15-33)28(36)24-18-22(20-10-6-7-11-21(20)30)31-27-19-26(29(2,3)4)32-35(24)27/h6-13,18-19H,5,14-17H2,1-4H3. The van der Waals surface area contributed by atoms with Crippen LogP contribution in [0.25, 0.3) is 16.9 Å². The number of ether oxygens (including phenoxy) is 1. The fourth-order valence-electron chi connectivity index (χ4n) is 4.61. The van der Waals surface area contributed by atoms with E-state index in [1.54, 1.807) is 4.52 Å². The third kappa shape index (κ3) is 5.01. The highest BCUT2D eigenvalue weighted by molar-refractivity contribution is 6.33. The maximum Gasteiger partial charge on any atom is 0.272 e. The summed E-state index contributed by atoms with van der Waals surface area (Å²) in [4.78, 5) is 22.9. The van der Waals surface area contributed by atoms with Gasteiger partial charge in [-0.2, -0.15) is 5.10 Å². The van der Waals surface area contributed by atoms with E-state index in [4.69, 9.17) is 26.4 Å². The van der Waals surface area contributed by atoms with Gasteiger partial charge in [-0.25, -0.2) is 9.50 Å². The van der Waals surface area contributed by atoms with Crippen LogP contribution in [0.1, 0.15) is 43.9 Å². The lowest BCUT2D eigenvalue weighted by molar-refractivity contribution is 0.0737. The second-order valence-electron chi connectivity index (χ2n) is 10.2. The molecule has 0 atom stereocenters. The van der Waals surface area contributed by atoms with E-state index in [2.05, 4.69) is 31.7 Å². The minimum Gasteiger partial charge on any atom is -0.492 e. The SMILES string of the molecule is CCOc1ccccc1N1CCN(C(=O)c2cc(-c3ccccc3Cl)nc3cc(C(C)(C)C)nn23)CC1. The normalized spacial score (nSPS) is 14.3. The summed E-state index contributed by atoms with van der Waals surface area (Å²) in [5.41, 5.74) is 4.32. The maximum atomic E-state index is 13.9. The van der Waals surface area contributed by atoms with Gasteiger partial charge in [0, 0.05) is 48.2 Å². The average molecular weight is 518 g/mol. The first-order valence-electron chi connectivity index (χ1n) is 12.7. The third-order valence-electron chi connectivity index (χ3n) is 6.64. The molecular formula is C29H32ClN5O2. The zero-order chi connectivity index (χ0) is 26.2. The van der Waals surface area contributed by atoms with Crippen LogP contribution in [0.15, 0.2) is 60.7 Å². The number of para-hydroxylation sites is 2. The molecule has 0 N–H and O–H groups in total. The third-order valence-corrected chi connectivity index (χ3v) is 6.97. The maximum absolute atomic E-state index is 13.9. The van der Waals surface area contributed by atoms with Crippen molar-refractivity contribution in [2.75, 3.05) is 37.7 Å². The highest BCUT2D eigenvalue weighted by Gasteiger charge is 2.28. The van der Waals surface area contributed by atoms with Gasteiger partial charge in [0.15, 0.2) is 5.65 Å². The Morgan fingerprint density at radius 3 is 2.41 bits per heavy atom. The van der Waals surface area contributed by atoms with Gasteiger partial charge in [-0.15, -0.1) is 0 Å². The molecule has 1 aliphatic heterocycles. The topological polar surface area (TPSA) is 63.0 Å². The Morgan fingerprint density at radius 2 is 1.70 bits per heavy atom. The number of carbonyl (C=O) groups is 1. The molecule has 8 heteroatoms. The molecule has 5 rings (SSSR count). The zero-order valence-corrected chi connectivity index (χ0v) is 22.5. The zero-order valence-electron chi connectivity index (χ0n) is 21.7. The van der Waals surface area contributed by atoms with Crippen LogP contribution < -0.4 is 9.64 Å². The predicted octanol–water partition coefficient (Wildman–Crippen LogP) is 5.71. The number of benzene rings is 2. The summed E-state index contributed by atoms with van der Waals surface area (Å²) in [7, 11) is 0. The summed E-state index contributed by atoms with van der Waals surface area (Å²) in [5.74, 6) is 0.804. The fourth-order valence-corrected chi connectivity index (χ4v) is 4.84. The molecule has 3 heterocycles. The van der Waals surface area contributed by atoms with Crippen molar-refractivity contribution in [3.63, 3.8) is 0 Å². The molecule has 192 valence electrons. The van der Waals surface area contributed by atoms with E-state index in [9.17, 15) is 4.79 Å². The van der Waals surface area contributed by atoms with E-state index in [0.29, 0.717) is 54.8 Å². The van der Waals surface area contributed by atoms with Crippen LogP contribution in [0.5, 0.6) is 5.75 Å². The lowest BCUT2D eigenvalue weighted by Crippen LogP contribution is -2.49. The summed E-state index contributed by atoms with van der Waals surface area (Å²) in [6.45, 7) is 11.5. The first kappa shape index (κ1) is 25.1. The van der Waals surface area contributed by atoms with Crippen molar-refractivity contribution in [1.82, 2.24) is 19.5 Å². The van der Waals surface area contributed by atoms with Crippen molar-refractivity contribution in [3.8, 4) is 17.0 Å². The van der Waals surface area contributed by atoms with Crippen LogP contribution in [-0.4, -0.2) is 58.2 Å². The summed E-state index contributed by atoms with van der Waals surface area (Å²) < 4.78 is 7.51. The number of anilines is 1. The molecule has 0 radical (unpaired) electrons. The van der Waals surface area contributed by atoms with Gasteiger partial charge in [0.2, 0.25) is 0 Å². The quantitative estimate of drug-likeness (QED) is 0.339. The number of nitrogens with zero attached hydrogens (tertiary/aromatic N) is 5. The van der Waals surface area contributed by atoms with Crippen molar-refractivity contribution in [2.24, 2.45) is 0 Å². The summed E-state index contributed by atoms with van der Waals surface area (Å²) >= 11 is 6.50. The number of aromatic nitrogens is 3. The minimum atomic E-state index is -0.182. The van der Waals surface area contributed by atoms with Crippen LogP contribution >= 0.6 is 11.6 Å². The smallest absolute Gasteiger partial charge is 0.272 e. The Morgan fingerprint density at radius 1 is 1.00 bits per heavy atom. The van der Waals surface area contributed by atoms with Crippen molar-refractivity contribution in [2.45, 2.75) is 33.1 Å². The Balaban J connectivity index is 1.48. The molecular weight excluding hydrogens is 486 g/mol. The first-order valence-corrected chi connectivity index (χ1v) is 13.1. The van der Waals surface area contributed by atoms with Crippen LogP contribution in [0.2, 0.25) is 5.02 Å². The van der Waals surface area contributed by atoms with Crippen LogP contribution in [0.4, 0.5) is 5.69 Å². The predicted molar refractivity (Wildman–Crippen MR) is 148 cm³/mol. The van der Waals surface area contributed by atoms with E-state index < -0.39 is 0 Å².